The smallest absolute Gasteiger partial charge is 0.0389 e. The standard InChI is InChI=1S/C6H18OSi2/c1-6(2,9)4-3-5(7)8/h5,7H,3-4H2,1-2,8-9H3. The van der Waals surface area contributed by atoms with E-state index < -0.39 is 0 Å². The first-order chi connectivity index (χ1) is 3.92. The predicted molar refractivity (Wildman–Crippen MR) is 49.2 cm³/mol. The van der Waals surface area contributed by atoms with E-state index in [0.717, 1.165) is 16.7 Å². The van der Waals surface area contributed by atoms with Gasteiger partial charge >= 0.3 is 0 Å². The average Bonchev–Trinajstić information content (AvgIpc) is 1.59. The minimum Gasteiger partial charge on any atom is -0.398 e. The quantitative estimate of drug-likeness (QED) is 0.529. The fourth-order valence-corrected chi connectivity index (χ4v) is 1.22. The van der Waals surface area contributed by atoms with E-state index in [4.69, 9.17) is 5.11 Å². The van der Waals surface area contributed by atoms with Gasteiger partial charge in [-0.15, -0.1) is 0 Å². The maximum Gasteiger partial charge on any atom is 0.0389 e. The zero-order valence-corrected chi connectivity index (χ0v) is 10.9. The molecule has 56 valence electrons. The highest BCUT2D eigenvalue weighted by Crippen LogP contribution is 2.25. The third kappa shape index (κ3) is 8.39. The van der Waals surface area contributed by atoms with Gasteiger partial charge in [0.05, 0.1) is 0 Å². The van der Waals surface area contributed by atoms with Crippen molar-refractivity contribution in [2.45, 2.75) is 37.5 Å². The predicted octanol–water partition coefficient (Wildman–Crippen LogP) is -0.986. The molecule has 0 amide bonds. The average molecular weight is 162 g/mol. The van der Waals surface area contributed by atoms with Crippen LogP contribution in [0.1, 0.15) is 26.7 Å². The first kappa shape index (κ1) is 9.39. The van der Waals surface area contributed by atoms with Crippen molar-refractivity contribution in [1.29, 1.82) is 0 Å². The Morgan fingerprint density at radius 1 is 1.56 bits per heavy atom. The Bertz CT molecular complexity index is 75.6. The first-order valence-electron chi connectivity index (χ1n) is 3.60. The molecule has 0 aliphatic rings. The molecule has 9 heavy (non-hydrogen) atoms. The van der Waals surface area contributed by atoms with Crippen LogP contribution in [0.4, 0.5) is 0 Å². The van der Waals surface area contributed by atoms with Gasteiger partial charge in [-0.3, -0.25) is 0 Å². The molecule has 0 saturated heterocycles. The number of rotatable bonds is 3. The molecule has 0 fully saturated rings. The second-order valence-corrected chi connectivity index (χ2v) is 7.99. The minimum absolute atomic E-state index is 0.0261. The molecule has 0 saturated carbocycles. The molecule has 1 atom stereocenters. The minimum atomic E-state index is 0.0261. The molecule has 1 nitrogen and oxygen atoms in total. The van der Waals surface area contributed by atoms with E-state index in [2.05, 4.69) is 13.8 Å². The Morgan fingerprint density at radius 3 is 2.11 bits per heavy atom. The van der Waals surface area contributed by atoms with Gasteiger partial charge in [-0.1, -0.05) is 13.8 Å². The third-order valence-electron chi connectivity index (χ3n) is 1.31. The van der Waals surface area contributed by atoms with Crippen LogP contribution in [0.15, 0.2) is 0 Å². The maximum absolute atomic E-state index is 8.99. The van der Waals surface area contributed by atoms with Crippen molar-refractivity contribution in [3.63, 3.8) is 0 Å². The molecule has 0 spiro atoms. The molecule has 0 radical (unpaired) electrons. The van der Waals surface area contributed by atoms with E-state index in [1.54, 1.807) is 0 Å². The van der Waals surface area contributed by atoms with Gasteiger partial charge in [0, 0.05) is 26.2 Å². The van der Waals surface area contributed by atoms with Crippen molar-refractivity contribution in [2.75, 3.05) is 0 Å². The highest BCUT2D eigenvalue weighted by atomic mass is 28.1. The lowest BCUT2D eigenvalue weighted by Gasteiger charge is -2.18. The fourth-order valence-electron chi connectivity index (χ4n) is 0.642. The normalized spacial score (nSPS) is 16.3. The summed E-state index contributed by atoms with van der Waals surface area (Å²) in [5.41, 5.74) is 0.0261. The third-order valence-corrected chi connectivity index (χ3v) is 2.39. The van der Waals surface area contributed by atoms with Crippen LogP contribution in [-0.2, 0) is 0 Å². The van der Waals surface area contributed by atoms with Gasteiger partial charge in [0.25, 0.3) is 0 Å². The number of aliphatic hydroxyl groups excluding tert-OH is 1. The summed E-state index contributed by atoms with van der Waals surface area (Å²) in [6, 6.07) is 0. The fraction of sp³-hybridized carbons (Fsp3) is 1.00. The van der Waals surface area contributed by atoms with Gasteiger partial charge in [-0.25, -0.2) is 0 Å². The van der Waals surface area contributed by atoms with Gasteiger partial charge in [0.2, 0.25) is 0 Å². The van der Waals surface area contributed by atoms with Gasteiger partial charge in [-0.2, -0.15) is 0 Å². The lowest BCUT2D eigenvalue weighted by atomic mass is 10.1. The largest absolute Gasteiger partial charge is 0.398 e. The molecule has 1 N–H and O–H groups in total. The Hall–Kier alpha value is 0.394. The molecule has 0 bridgehead atoms. The van der Waals surface area contributed by atoms with Crippen molar-refractivity contribution in [1.82, 2.24) is 0 Å². The van der Waals surface area contributed by atoms with Crippen LogP contribution >= 0.6 is 0 Å². The molecule has 0 aliphatic carbocycles. The van der Waals surface area contributed by atoms with Crippen molar-refractivity contribution < 1.29 is 5.11 Å². The molecule has 3 heteroatoms. The van der Waals surface area contributed by atoms with E-state index in [0.29, 0.717) is 5.04 Å². The number of aliphatic hydroxyl groups is 1. The van der Waals surface area contributed by atoms with Crippen LogP contribution in [0.2, 0.25) is 5.04 Å². The summed E-state index contributed by atoms with van der Waals surface area (Å²) in [7, 11) is 2.17. The molecule has 1 unspecified atom stereocenters. The first-order valence-corrected chi connectivity index (χ1v) is 5.75. The lowest BCUT2D eigenvalue weighted by molar-refractivity contribution is 0.236. The van der Waals surface area contributed by atoms with Crippen LogP contribution < -0.4 is 0 Å². The van der Waals surface area contributed by atoms with E-state index in [1.807, 2.05) is 0 Å². The summed E-state index contributed by atoms with van der Waals surface area (Å²) in [5, 5.41) is 9.53. The van der Waals surface area contributed by atoms with E-state index in [-0.39, 0.29) is 5.73 Å². The molecular weight excluding hydrogens is 144 g/mol. The number of hydrogen-bond acceptors (Lipinski definition) is 1. The van der Waals surface area contributed by atoms with Crippen LogP contribution in [-0.4, -0.2) is 31.3 Å². The van der Waals surface area contributed by atoms with Crippen LogP contribution in [0.25, 0.3) is 0 Å². The molecule has 0 aromatic carbocycles. The summed E-state index contributed by atoms with van der Waals surface area (Å²) >= 11 is 0. The summed E-state index contributed by atoms with van der Waals surface area (Å²) < 4.78 is 0. The Kier molecular flexibility index (Phi) is 3.69. The van der Waals surface area contributed by atoms with Gasteiger partial charge in [0.1, 0.15) is 0 Å². The summed E-state index contributed by atoms with van der Waals surface area (Å²) in [5.74, 6) is 0. The topological polar surface area (TPSA) is 20.2 Å². The second kappa shape index (κ2) is 3.53. The molecule has 0 aliphatic heterocycles. The Labute approximate surface area is 63.7 Å². The zero-order chi connectivity index (χ0) is 7.49. The van der Waals surface area contributed by atoms with Gasteiger partial charge in [0.15, 0.2) is 0 Å². The lowest BCUT2D eigenvalue weighted by Crippen LogP contribution is -2.10. The maximum atomic E-state index is 8.99. The molecule has 0 aromatic rings. The monoisotopic (exact) mass is 162 g/mol. The Balaban J connectivity index is 3.28. The van der Waals surface area contributed by atoms with Crippen LogP contribution in [0.3, 0.4) is 0 Å². The summed E-state index contributed by atoms with van der Waals surface area (Å²) in [6.45, 7) is 4.53. The molecular formula is C6H18OSi2. The summed E-state index contributed by atoms with van der Waals surface area (Å²) in [4.78, 5) is 0. The SMILES string of the molecule is CC(C)([SiH3])CCC(O)[SiH3]. The zero-order valence-electron chi connectivity index (χ0n) is 6.94. The summed E-state index contributed by atoms with van der Waals surface area (Å²) in [6.07, 6.45) is 2.21. The Morgan fingerprint density at radius 2 is 2.00 bits per heavy atom. The van der Waals surface area contributed by atoms with Crippen molar-refractivity contribution in [3.05, 3.63) is 0 Å². The van der Waals surface area contributed by atoms with E-state index >= 15 is 0 Å². The van der Waals surface area contributed by atoms with Crippen molar-refractivity contribution in [3.8, 4) is 0 Å². The van der Waals surface area contributed by atoms with Gasteiger partial charge < -0.3 is 5.11 Å². The number of hydrogen-bond donors (Lipinski definition) is 1. The van der Waals surface area contributed by atoms with Gasteiger partial charge in [-0.05, 0) is 17.9 Å². The van der Waals surface area contributed by atoms with Crippen molar-refractivity contribution in [2.24, 2.45) is 0 Å². The highest BCUT2D eigenvalue weighted by Gasteiger charge is 2.10. The van der Waals surface area contributed by atoms with Crippen LogP contribution in [0, 0.1) is 0 Å². The molecule has 0 aromatic heterocycles. The highest BCUT2D eigenvalue weighted by molar-refractivity contribution is 6.14. The second-order valence-electron chi connectivity index (χ2n) is 3.95. The molecule has 0 rings (SSSR count). The van der Waals surface area contributed by atoms with Crippen molar-refractivity contribution >= 4 is 20.5 Å². The van der Waals surface area contributed by atoms with E-state index in [9.17, 15) is 0 Å². The van der Waals surface area contributed by atoms with E-state index in [1.165, 1.54) is 16.7 Å². The molecule has 0 heterocycles. The van der Waals surface area contributed by atoms with Crippen LogP contribution in [0.5, 0.6) is 0 Å².